The minimum Gasteiger partial charge on any atom is -0.480 e. The summed E-state index contributed by atoms with van der Waals surface area (Å²) in [6.07, 6.45) is -1.51. The van der Waals surface area contributed by atoms with Gasteiger partial charge in [0.05, 0.1) is 71.9 Å². The molecule has 0 bridgehead atoms. The predicted molar refractivity (Wildman–Crippen MR) is 153 cm³/mol. The Morgan fingerprint density at radius 1 is 0.500 bits per heavy atom. The van der Waals surface area contributed by atoms with Crippen molar-refractivity contribution >= 4 is 23.9 Å². The molecule has 20 heteroatoms. The molecule has 266 valence electrons. The fourth-order valence-corrected chi connectivity index (χ4v) is 2.29. The molecule has 0 heterocycles. The fourth-order valence-electron chi connectivity index (χ4n) is 2.29. The maximum absolute atomic E-state index is 10.6. The van der Waals surface area contributed by atoms with Gasteiger partial charge in [-0.2, -0.15) is 0 Å². The Bertz CT molecular complexity index is 588. The maximum atomic E-state index is 10.6. The van der Waals surface area contributed by atoms with Gasteiger partial charge in [-0.25, -0.2) is 0 Å². The van der Waals surface area contributed by atoms with Gasteiger partial charge in [0.2, 0.25) is 0 Å². The van der Waals surface area contributed by atoms with Crippen molar-refractivity contribution in [2.75, 3.05) is 105 Å². The molecule has 0 aromatic rings. The second-order valence-corrected chi connectivity index (χ2v) is 8.38. The van der Waals surface area contributed by atoms with Crippen LogP contribution < -0.4 is 0 Å². The number of hydrogen-bond donors (Lipinski definition) is 13. The Hall–Kier alpha value is -2.60. The molecular weight excluding hydrogens is 602 g/mol. The second kappa shape index (κ2) is 38.4. The zero-order chi connectivity index (χ0) is 35.5. The quantitative estimate of drug-likeness (QED) is 0.0580. The molecule has 1 unspecified atom stereocenters. The fraction of sp³-hybridized carbons (Fsp3) is 0.833. The van der Waals surface area contributed by atoms with E-state index in [1.54, 1.807) is 11.8 Å². The molecule has 0 aliphatic heterocycles. The van der Waals surface area contributed by atoms with Gasteiger partial charge in [0.25, 0.3) is 0 Å². The molecule has 44 heavy (non-hydrogen) atoms. The molecule has 0 aromatic carbocycles. The van der Waals surface area contributed by atoms with Crippen molar-refractivity contribution in [3.63, 3.8) is 0 Å². The van der Waals surface area contributed by atoms with Gasteiger partial charge in [0.1, 0.15) is 6.10 Å². The largest absolute Gasteiger partial charge is 0.480 e. The van der Waals surface area contributed by atoms with Gasteiger partial charge in [0.15, 0.2) is 0 Å². The summed E-state index contributed by atoms with van der Waals surface area (Å²) in [6.45, 7) is 2.09. The third-order valence-electron chi connectivity index (χ3n) is 4.10. The number of carboxylic acid groups (broad SMARTS) is 4. The van der Waals surface area contributed by atoms with E-state index in [1.807, 2.05) is 0 Å². The molecular formula is C24H53N3O17. The van der Waals surface area contributed by atoms with Crippen molar-refractivity contribution in [3.8, 4) is 0 Å². The Labute approximate surface area is 255 Å². The highest BCUT2D eigenvalue weighted by Crippen LogP contribution is 1.94. The summed E-state index contributed by atoms with van der Waals surface area (Å²) in [7, 11) is 0. The lowest BCUT2D eigenvalue weighted by Gasteiger charge is -2.23. The van der Waals surface area contributed by atoms with Crippen LogP contribution in [0.2, 0.25) is 0 Å². The van der Waals surface area contributed by atoms with E-state index in [4.69, 9.17) is 66.4 Å². The first kappa shape index (κ1) is 51.0. The van der Waals surface area contributed by atoms with E-state index in [0.717, 1.165) is 9.80 Å². The zero-order valence-corrected chi connectivity index (χ0v) is 25.3. The molecule has 0 amide bonds. The SMILES string of the molecule is CC(O)CO.CCO.O=C(O)CN(CCN(CC(=O)O)CC(=O)O)CC(=O)O.OCC(O)CO.OCCN(CCO)CCO. The smallest absolute Gasteiger partial charge is 0.317 e. The number of aliphatic hydroxyl groups excluding tert-OH is 9. The molecule has 0 aliphatic carbocycles. The summed E-state index contributed by atoms with van der Waals surface area (Å²) in [4.78, 5) is 46.2. The number of rotatable bonds is 20. The van der Waals surface area contributed by atoms with Crippen molar-refractivity contribution in [2.24, 2.45) is 0 Å². The van der Waals surface area contributed by atoms with Crippen molar-refractivity contribution in [3.05, 3.63) is 0 Å². The van der Waals surface area contributed by atoms with Gasteiger partial charge in [-0.1, -0.05) is 0 Å². The third-order valence-corrected chi connectivity index (χ3v) is 4.10. The van der Waals surface area contributed by atoms with Crippen molar-refractivity contribution in [1.29, 1.82) is 0 Å². The van der Waals surface area contributed by atoms with Gasteiger partial charge in [-0.05, 0) is 13.8 Å². The van der Waals surface area contributed by atoms with E-state index in [-0.39, 0.29) is 59.3 Å². The van der Waals surface area contributed by atoms with Gasteiger partial charge in [-0.15, -0.1) is 0 Å². The summed E-state index contributed by atoms with van der Waals surface area (Å²) in [5.74, 6) is -4.91. The molecule has 0 radical (unpaired) electrons. The van der Waals surface area contributed by atoms with Crippen LogP contribution >= 0.6 is 0 Å². The van der Waals surface area contributed by atoms with Gasteiger partial charge < -0.3 is 66.4 Å². The lowest BCUT2D eigenvalue weighted by Crippen LogP contribution is -2.43. The van der Waals surface area contributed by atoms with E-state index in [0.29, 0.717) is 19.6 Å². The van der Waals surface area contributed by atoms with Crippen LogP contribution in [0.5, 0.6) is 0 Å². The summed E-state index contributed by atoms with van der Waals surface area (Å²) in [5.41, 5.74) is 0. The number of carbonyl (C=O) groups is 4. The van der Waals surface area contributed by atoms with Gasteiger partial charge in [-0.3, -0.25) is 33.9 Å². The average Bonchev–Trinajstić information content (AvgIpc) is 2.92. The molecule has 0 spiro atoms. The molecule has 0 saturated heterocycles. The molecule has 0 rings (SSSR count). The first-order valence-corrected chi connectivity index (χ1v) is 13.2. The molecule has 0 fully saturated rings. The van der Waals surface area contributed by atoms with E-state index in [9.17, 15) is 19.2 Å². The van der Waals surface area contributed by atoms with E-state index in [2.05, 4.69) is 0 Å². The lowest BCUT2D eigenvalue weighted by molar-refractivity contribution is -0.145. The Morgan fingerprint density at radius 2 is 0.727 bits per heavy atom. The van der Waals surface area contributed by atoms with Crippen LogP contribution in [0.1, 0.15) is 13.8 Å². The summed E-state index contributed by atoms with van der Waals surface area (Å²) in [5, 5.41) is 108. The van der Waals surface area contributed by atoms with Crippen LogP contribution in [0.3, 0.4) is 0 Å². The first-order valence-electron chi connectivity index (χ1n) is 13.2. The minimum atomic E-state index is -1.23. The first-order chi connectivity index (χ1) is 20.5. The highest BCUT2D eigenvalue weighted by molar-refractivity contribution is 5.73. The van der Waals surface area contributed by atoms with Gasteiger partial charge >= 0.3 is 23.9 Å². The van der Waals surface area contributed by atoms with E-state index < -0.39 is 62.3 Å². The standard InChI is InChI=1S/C10H16N2O8.C6H15NO3.C3H8O3.C3H8O2.C2H6O/c13-7(14)3-11(4-8(15)16)1-2-12(5-9(17)18)6-10(19)20;8-4-1-7(2-5-9)3-6-10;4-1-3(6)2-5;1-3(5)2-4;1-2-3/h1-6H2,(H,13,14)(H,15,16)(H,17,18)(H,19,20);8-10H,1-6H2;3-6H,1-2H2;3-5H,2H2,1H3;3H,2H2,1H3. The molecule has 0 aromatic heterocycles. The Kier molecular flexibility index (Phi) is 44.5. The molecule has 0 aliphatic rings. The van der Waals surface area contributed by atoms with Crippen LogP contribution in [-0.4, -0.2) is 222 Å². The number of aliphatic hydroxyl groups is 9. The molecule has 0 saturated carbocycles. The highest BCUT2D eigenvalue weighted by Gasteiger charge is 2.18. The minimum absolute atomic E-state index is 0.0694. The maximum Gasteiger partial charge on any atom is 0.317 e. The summed E-state index contributed by atoms with van der Waals surface area (Å²) in [6, 6.07) is 0. The normalized spacial score (nSPS) is 10.8. The lowest BCUT2D eigenvalue weighted by atomic mass is 10.4. The second-order valence-electron chi connectivity index (χ2n) is 8.38. The summed E-state index contributed by atoms with van der Waals surface area (Å²) >= 11 is 0. The Morgan fingerprint density at radius 3 is 0.841 bits per heavy atom. The number of nitrogens with zero attached hydrogens (tertiary/aromatic N) is 3. The van der Waals surface area contributed by atoms with Gasteiger partial charge in [0, 0.05) is 39.3 Å². The van der Waals surface area contributed by atoms with Crippen molar-refractivity contribution in [2.45, 2.75) is 26.1 Å². The molecule has 20 nitrogen and oxygen atoms in total. The predicted octanol–water partition coefficient (Wildman–Crippen LogP) is -6.12. The van der Waals surface area contributed by atoms with Crippen LogP contribution in [0.15, 0.2) is 0 Å². The molecule has 13 N–H and O–H groups in total. The average molecular weight is 656 g/mol. The van der Waals surface area contributed by atoms with Crippen LogP contribution in [-0.2, 0) is 19.2 Å². The van der Waals surface area contributed by atoms with Crippen molar-refractivity contribution < 1.29 is 85.6 Å². The number of carboxylic acids is 4. The van der Waals surface area contributed by atoms with Crippen molar-refractivity contribution in [1.82, 2.24) is 14.7 Å². The van der Waals surface area contributed by atoms with E-state index >= 15 is 0 Å². The number of aliphatic carboxylic acids is 4. The molecule has 1 atom stereocenters. The Balaban J connectivity index is -0.000000174. The van der Waals surface area contributed by atoms with Crippen LogP contribution in [0, 0.1) is 0 Å². The monoisotopic (exact) mass is 655 g/mol. The van der Waals surface area contributed by atoms with E-state index in [1.165, 1.54) is 6.92 Å². The van der Waals surface area contributed by atoms with Crippen LogP contribution in [0.4, 0.5) is 0 Å². The zero-order valence-electron chi connectivity index (χ0n) is 25.3. The number of hydrogen-bond acceptors (Lipinski definition) is 16. The topological polar surface area (TPSA) is 341 Å². The third kappa shape index (κ3) is 52.1. The highest BCUT2D eigenvalue weighted by atomic mass is 16.4. The summed E-state index contributed by atoms with van der Waals surface area (Å²) < 4.78 is 0. The van der Waals surface area contributed by atoms with Crippen LogP contribution in [0.25, 0.3) is 0 Å².